The van der Waals surface area contributed by atoms with Gasteiger partial charge >= 0.3 is 0 Å². The van der Waals surface area contributed by atoms with Crippen molar-refractivity contribution in [3.8, 4) is 0 Å². The van der Waals surface area contributed by atoms with E-state index in [0.717, 1.165) is 51.0 Å². The third kappa shape index (κ3) is 5.77. The molecule has 1 fully saturated rings. The third-order valence-corrected chi connectivity index (χ3v) is 4.83. The summed E-state index contributed by atoms with van der Waals surface area (Å²) >= 11 is 0. The number of pyridine rings is 1. The first-order valence-corrected chi connectivity index (χ1v) is 9.48. The number of nitrogens with zero attached hydrogens (tertiary/aromatic N) is 3. The normalized spacial score (nSPS) is 15.6. The first-order chi connectivity index (χ1) is 13.3. The molecule has 2 aromatic rings. The Balaban J connectivity index is 1.55. The van der Waals surface area contributed by atoms with Gasteiger partial charge in [0.1, 0.15) is 0 Å². The van der Waals surface area contributed by atoms with Crippen LogP contribution in [0, 0.1) is 6.92 Å². The molecule has 0 radical (unpaired) electrons. The van der Waals surface area contributed by atoms with Gasteiger partial charge in [-0.3, -0.25) is 14.9 Å². The van der Waals surface area contributed by atoms with E-state index in [1.807, 2.05) is 12.3 Å². The Hall–Kier alpha value is -2.44. The van der Waals surface area contributed by atoms with E-state index >= 15 is 0 Å². The number of guanidine groups is 1. The Morgan fingerprint density at radius 2 is 1.81 bits per heavy atom. The summed E-state index contributed by atoms with van der Waals surface area (Å²) < 4.78 is 5.45. The van der Waals surface area contributed by atoms with Crippen LogP contribution in [0.1, 0.15) is 22.4 Å². The van der Waals surface area contributed by atoms with Gasteiger partial charge in [-0.15, -0.1) is 0 Å². The lowest BCUT2D eigenvalue weighted by atomic mass is 10.1. The van der Waals surface area contributed by atoms with E-state index < -0.39 is 0 Å². The number of ether oxygens (including phenoxy) is 1. The minimum Gasteiger partial charge on any atom is -0.379 e. The van der Waals surface area contributed by atoms with Crippen molar-refractivity contribution in [3.63, 3.8) is 0 Å². The summed E-state index contributed by atoms with van der Waals surface area (Å²) in [5.41, 5.74) is 4.85. The highest BCUT2D eigenvalue weighted by Crippen LogP contribution is 2.13. The molecule has 1 aromatic carbocycles. The van der Waals surface area contributed by atoms with Crippen molar-refractivity contribution in [3.05, 3.63) is 65.0 Å². The van der Waals surface area contributed by atoms with Gasteiger partial charge in [-0.2, -0.15) is 0 Å². The van der Waals surface area contributed by atoms with E-state index in [1.165, 1.54) is 16.7 Å². The molecule has 0 spiro atoms. The molecule has 1 aliphatic heterocycles. The maximum atomic E-state index is 5.45. The Morgan fingerprint density at radius 3 is 2.56 bits per heavy atom. The number of hydrogen-bond acceptors (Lipinski definition) is 4. The second-order valence-corrected chi connectivity index (χ2v) is 6.70. The summed E-state index contributed by atoms with van der Waals surface area (Å²) in [6.45, 7) is 8.06. The molecule has 0 saturated carbocycles. The number of aliphatic imine (C=N–C) groups is 1. The van der Waals surface area contributed by atoms with E-state index in [9.17, 15) is 0 Å². The van der Waals surface area contributed by atoms with Gasteiger partial charge in [0.15, 0.2) is 5.96 Å². The van der Waals surface area contributed by atoms with Crippen LogP contribution in [0.3, 0.4) is 0 Å². The lowest BCUT2D eigenvalue weighted by molar-refractivity contribution is 0.0341. The summed E-state index contributed by atoms with van der Waals surface area (Å²) in [5.74, 6) is 0.779. The highest BCUT2D eigenvalue weighted by Gasteiger charge is 2.12. The molecule has 0 aliphatic carbocycles. The molecule has 0 atom stereocenters. The van der Waals surface area contributed by atoms with Gasteiger partial charge in [0.2, 0.25) is 0 Å². The van der Waals surface area contributed by atoms with Crippen molar-refractivity contribution < 1.29 is 4.74 Å². The summed E-state index contributed by atoms with van der Waals surface area (Å²) in [6, 6.07) is 12.6. The van der Waals surface area contributed by atoms with Crippen molar-refractivity contribution in [2.24, 2.45) is 4.99 Å². The van der Waals surface area contributed by atoms with E-state index in [1.54, 1.807) is 7.05 Å². The number of aryl methyl sites for hydroxylation is 1. The van der Waals surface area contributed by atoms with Gasteiger partial charge in [-0.05, 0) is 29.7 Å². The molecule has 3 rings (SSSR count). The van der Waals surface area contributed by atoms with Crippen LogP contribution in [0.25, 0.3) is 0 Å². The van der Waals surface area contributed by atoms with Crippen LogP contribution in [-0.2, 0) is 24.4 Å². The van der Waals surface area contributed by atoms with Crippen LogP contribution in [0.15, 0.2) is 47.6 Å². The summed E-state index contributed by atoms with van der Waals surface area (Å²) in [6.07, 6.45) is 1.82. The number of nitrogens with one attached hydrogen (secondary N) is 2. The highest BCUT2D eigenvalue weighted by atomic mass is 16.5. The fourth-order valence-electron chi connectivity index (χ4n) is 3.15. The fraction of sp³-hybridized carbons (Fsp3) is 0.429. The van der Waals surface area contributed by atoms with Gasteiger partial charge in [-0.1, -0.05) is 30.3 Å². The van der Waals surface area contributed by atoms with Gasteiger partial charge in [0.25, 0.3) is 0 Å². The SMILES string of the molecule is CN=C(NCc1ccccc1CN1CCOCC1)NCc1ncccc1C. The molecule has 2 heterocycles. The predicted octanol–water partition coefficient (Wildman–Crippen LogP) is 2.09. The molecule has 0 amide bonds. The van der Waals surface area contributed by atoms with Gasteiger partial charge < -0.3 is 15.4 Å². The molecule has 2 N–H and O–H groups in total. The maximum Gasteiger partial charge on any atom is 0.191 e. The van der Waals surface area contributed by atoms with Crippen LogP contribution >= 0.6 is 0 Å². The third-order valence-electron chi connectivity index (χ3n) is 4.83. The molecule has 6 heteroatoms. The number of rotatable bonds is 6. The average molecular weight is 367 g/mol. The van der Waals surface area contributed by atoms with Crippen LogP contribution in [0.4, 0.5) is 0 Å². The van der Waals surface area contributed by atoms with E-state index in [2.05, 4.69) is 62.8 Å². The van der Waals surface area contributed by atoms with E-state index in [0.29, 0.717) is 6.54 Å². The first kappa shape index (κ1) is 19.3. The van der Waals surface area contributed by atoms with Crippen molar-refractivity contribution in [1.29, 1.82) is 0 Å². The van der Waals surface area contributed by atoms with Gasteiger partial charge in [-0.25, -0.2) is 0 Å². The maximum absolute atomic E-state index is 5.45. The lowest BCUT2D eigenvalue weighted by Crippen LogP contribution is -2.38. The molecule has 1 aromatic heterocycles. The molecule has 144 valence electrons. The van der Waals surface area contributed by atoms with Crippen molar-refractivity contribution in [2.45, 2.75) is 26.6 Å². The largest absolute Gasteiger partial charge is 0.379 e. The predicted molar refractivity (Wildman–Crippen MR) is 109 cm³/mol. The Morgan fingerprint density at radius 1 is 1.07 bits per heavy atom. The fourth-order valence-corrected chi connectivity index (χ4v) is 3.15. The number of morpholine rings is 1. The zero-order valence-corrected chi connectivity index (χ0v) is 16.2. The number of aromatic nitrogens is 1. The molecule has 1 aliphatic rings. The Bertz CT molecular complexity index is 756. The molecule has 1 saturated heterocycles. The van der Waals surface area contributed by atoms with Gasteiger partial charge in [0, 0.05) is 39.4 Å². The quantitative estimate of drug-likeness (QED) is 0.605. The molecular formula is C21H29N5O. The molecule has 27 heavy (non-hydrogen) atoms. The van der Waals surface area contributed by atoms with Crippen molar-refractivity contribution >= 4 is 5.96 Å². The molecular weight excluding hydrogens is 338 g/mol. The highest BCUT2D eigenvalue weighted by molar-refractivity contribution is 5.79. The van der Waals surface area contributed by atoms with Crippen molar-refractivity contribution in [1.82, 2.24) is 20.5 Å². The Kier molecular flexibility index (Phi) is 7.19. The second-order valence-electron chi connectivity index (χ2n) is 6.70. The standard InChI is InChI=1S/C21H29N5O/c1-17-6-5-9-23-20(17)15-25-21(22-2)24-14-18-7-3-4-8-19(18)16-26-10-12-27-13-11-26/h3-9H,10-16H2,1-2H3,(H2,22,24,25). The topological polar surface area (TPSA) is 61.8 Å². The zero-order chi connectivity index (χ0) is 18.9. The smallest absolute Gasteiger partial charge is 0.191 e. The molecule has 6 nitrogen and oxygen atoms in total. The van der Waals surface area contributed by atoms with Crippen LogP contribution in [0.2, 0.25) is 0 Å². The van der Waals surface area contributed by atoms with E-state index in [-0.39, 0.29) is 0 Å². The minimum atomic E-state index is 0.655. The average Bonchev–Trinajstić information content (AvgIpc) is 2.71. The Labute approximate surface area is 161 Å². The summed E-state index contributed by atoms with van der Waals surface area (Å²) in [5, 5.41) is 6.77. The van der Waals surface area contributed by atoms with E-state index in [4.69, 9.17) is 4.74 Å². The van der Waals surface area contributed by atoms with Crippen molar-refractivity contribution in [2.75, 3.05) is 33.4 Å². The van der Waals surface area contributed by atoms with Crippen LogP contribution < -0.4 is 10.6 Å². The number of benzene rings is 1. The summed E-state index contributed by atoms with van der Waals surface area (Å²) in [4.78, 5) is 11.2. The second kappa shape index (κ2) is 10.0. The molecule has 0 bridgehead atoms. The lowest BCUT2D eigenvalue weighted by Gasteiger charge is -2.27. The first-order valence-electron chi connectivity index (χ1n) is 9.48. The molecule has 0 unspecified atom stereocenters. The monoisotopic (exact) mass is 367 g/mol. The number of hydrogen-bond donors (Lipinski definition) is 2. The summed E-state index contributed by atoms with van der Waals surface area (Å²) in [7, 11) is 1.79. The van der Waals surface area contributed by atoms with Crippen LogP contribution in [-0.4, -0.2) is 49.2 Å². The van der Waals surface area contributed by atoms with Gasteiger partial charge in [0.05, 0.1) is 25.5 Å². The zero-order valence-electron chi connectivity index (χ0n) is 16.2. The van der Waals surface area contributed by atoms with Crippen LogP contribution in [0.5, 0.6) is 0 Å². The minimum absolute atomic E-state index is 0.655.